The first-order chi connectivity index (χ1) is 7.74. The van der Waals surface area contributed by atoms with Crippen LogP contribution in [-0.2, 0) is 0 Å². The summed E-state index contributed by atoms with van der Waals surface area (Å²) in [6.07, 6.45) is 4.93. The number of benzene rings is 1. The Hall–Kier alpha value is -0.210. The van der Waals surface area contributed by atoms with Gasteiger partial charge in [0.15, 0.2) is 0 Å². The maximum absolute atomic E-state index is 5.89. The highest BCUT2D eigenvalue weighted by Gasteiger charge is 2.02. The molecule has 1 aromatic rings. The smallest absolute Gasteiger partial charge is 0.119 e. The predicted octanol–water partition coefficient (Wildman–Crippen LogP) is 5.28. The summed E-state index contributed by atoms with van der Waals surface area (Å²) in [6, 6.07) is 7.89. The van der Waals surface area contributed by atoms with Crippen molar-refractivity contribution in [3.8, 4) is 5.75 Å². The molecule has 0 saturated carbocycles. The summed E-state index contributed by atoms with van der Waals surface area (Å²) in [7, 11) is 0. The Bertz CT molecular complexity index is 284. The Morgan fingerprint density at radius 1 is 1.19 bits per heavy atom. The molecular formula is C13H18BrClO. The van der Waals surface area contributed by atoms with Crippen molar-refractivity contribution in [2.45, 2.75) is 36.9 Å². The maximum Gasteiger partial charge on any atom is 0.119 e. The lowest BCUT2D eigenvalue weighted by Crippen LogP contribution is -1.97. The quantitative estimate of drug-likeness (QED) is 0.492. The number of rotatable bonds is 7. The first kappa shape index (κ1) is 13.9. The van der Waals surface area contributed by atoms with Crippen LogP contribution >= 0.6 is 27.5 Å². The summed E-state index contributed by atoms with van der Waals surface area (Å²) in [4.78, 5) is 0. The van der Waals surface area contributed by atoms with E-state index in [1.165, 1.54) is 19.3 Å². The van der Waals surface area contributed by atoms with Crippen molar-refractivity contribution in [2.75, 3.05) is 6.61 Å². The Morgan fingerprint density at radius 3 is 2.44 bits per heavy atom. The van der Waals surface area contributed by atoms with Gasteiger partial charge in [-0.25, -0.2) is 0 Å². The Labute approximate surface area is 111 Å². The molecule has 0 amide bonds. The molecule has 3 heteroatoms. The van der Waals surface area contributed by atoms with Gasteiger partial charge in [-0.1, -0.05) is 54.2 Å². The molecule has 1 unspecified atom stereocenters. The van der Waals surface area contributed by atoms with Crippen LogP contribution in [0, 0.1) is 0 Å². The monoisotopic (exact) mass is 304 g/mol. The molecule has 0 N–H and O–H groups in total. The van der Waals surface area contributed by atoms with Crippen LogP contribution in [0.25, 0.3) is 0 Å². The molecule has 0 aliphatic heterocycles. The van der Waals surface area contributed by atoms with Gasteiger partial charge in [0.25, 0.3) is 0 Å². The van der Waals surface area contributed by atoms with E-state index in [9.17, 15) is 0 Å². The second-order valence-electron chi connectivity index (χ2n) is 3.78. The van der Waals surface area contributed by atoms with Crippen LogP contribution in [0.4, 0.5) is 0 Å². The van der Waals surface area contributed by atoms with Crippen LogP contribution in [0.3, 0.4) is 0 Å². The molecule has 0 saturated heterocycles. The van der Waals surface area contributed by atoms with Gasteiger partial charge in [-0.15, -0.1) is 11.6 Å². The van der Waals surface area contributed by atoms with Gasteiger partial charge in [0, 0.05) is 0 Å². The van der Waals surface area contributed by atoms with E-state index in [4.69, 9.17) is 16.3 Å². The van der Waals surface area contributed by atoms with Gasteiger partial charge >= 0.3 is 0 Å². The molecule has 0 aromatic heterocycles. The van der Waals surface area contributed by atoms with E-state index in [1.54, 1.807) is 0 Å². The second kappa shape index (κ2) is 7.97. The predicted molar refractivity (Wildman–Crippen MR) is 73.6 cm³/mol. The van der Waals surface area contributed by atoms with Crippen molar-refractivity contribution in [3.05, 3.63) is 29.8 Å². The molecule has 0 spiro atoms. The van der Waals surface area contributed by atoms with Gasteiger partial charge < -0.3 is 4.74 Å². The molecule has 90 valence electrons. The molecule has 1 nitrogen and oxygen atoms in total. The SMILES string of the molecule is CCCCCCOc1ccc(C(Cl)Br)cc1. The van der Waals surface area contributed by atoms with Gasteiger partial charge in [0.2, 0.25) is 0 Å². The highest BCUT2D eigenvalue weighted by molar-refractivity contribution is 9.09. The standard InChI is InChI=1S/C13H18BrClO/c1-2-3-4-5-10-16-12-8-6-11(7-9-12)13(14)15/h6-9,13H,2-5,10H2,1H3. The van der Waals surface area contributed by atoms with Crippen molar-refractivity contribution >= 4 is 27.5 Å². The number of hydrogen-bond donors (Lipinski definition) is 0. The summed E-state index contributed by atoms with van der Waals surface area (Å²) in [5.74, 6) is 0.921. The molecule has 1 rings (SSSR count). The third-order valence-electron chi connectivity index (χ3n) is 2.40. The molecule has 1 atom stereocenters. The first-order valence-corrected chi connectivity index (χ1v) is 7.10. The van der Waals surface area contributed by atoms with Gasteiger partial charge in [-0.3, -0.25) is 0 Å². The number of halogens is 2. The molecule has 0 aliphatic carbocycles. The lowest BCUT2D eigenvalue weighted by molar-refractivity contribution is 0.305. The van der Waals surface area contributed by atoms with Gasteiger partial charge in [0.05, 0.1) is 6.61 Å². The average Bonchev–Trinajstić information content (AvgIpc) is 2.29. The van der Waals surface area contributed by atoms with E-state index in [0.29, 0.717) is 0 Å². The summed E-state index contributed by atoms with van der Waals surface area (Å²) in [5, 5.41) is 0. The third kappa shape index (κ3) is 5.22. The fraction of sp³-hybridized carbons (Fsp3) is 0.538. The second-order valence-corrected chi connectivity index (χ2v) is 5.66. The number of hydrogen-bond acceptors (Lipinski definition) is 1. The summed E-state index contributed by atoms with van der Waals surface area (Å²) in [5.41, 5.74) is 1.06. The van der Waals surface area contributed by atoms with E-state index in [1.807, 2.05) is 24.3 Å². The van der Waals surface area contributed by atoms with Crippen LogP contribution in [0.2, 0.25) is 0 Å². The van der Waals surface area contributed by atoms with Crippen LogP contribution in [-0.4, -0.2) is 6.61 Å². The summed E-state index contributed by atoms with van der Waals surface area (Å²) in [6.45, 7) is 3.01. The zero-order chi connectivity index (χ0) is 11.8. The molecule has 0 bridgehead atoms. The Morgan fingerprint density at radius 2 is 1.88 bits per heavy atom. The summed E-state index contributed by atoms with van der Waals surface area (Å²) >= 11 is 9.21. The van der Waals surface area contributed by atoms with E-state index in [2.05, 4.69) is 22.9 Å². The zero-order valence-electron chi connectivity index (χ0n) is 9.59. The van der Waals surface area contributed by atoms with Crippen molar-refractivity contribution < 1.29 is 4.74 Å². The van der Waals surface area contributed by atoms with Crippen LogP contribution in [0.15, 0.2) is 24.3 Å². The van der Waals surface area contributed by atoms with E-state index in [0.717, 1.165) is 24.3 Å². The molecule has 16 heavy (non-hydrogen) atoms. The third-order valence-corrected chi connectivity index (χ3v) is 3.18. The van der Waals surface area contributed by atoms with Gasteiger partial charge in [-0.05, 0) is 24.1 Å². The first-order valence-electron chi connectivity index (χ1n) is 5.75. The minimum atomic E-state index is -0.119. The lowest BCUT2D eigenvalue weighted by atomic mass is 10.2. The zero-order valence-corrected chi connectivity index (χ0v) is 11.9. The normalized spacial score (nSPS) is 12.4. The molecule has 1 aromatic carbocycles. The highest BCUT2D eigenvalue weighted by Crippen LogP contribution is 2.28. The highest BCUT2D eigenvalue weighted by atomic mass is 79.9. The fourth-order valence-electron chi connectivity index (χ4n) is 1.43. The van der Waals surface area contributed by atoms with E-state index >= 15 is 0 Å². The minimum Gasteiger partial charge on any atom is -0.494 e. The van der Waals surface area contributed by atoms with Crippen molar-refractivity contribution in [1.29, 1.82) is 0 Å². The Kier molecular flexibility index (Phi) is 6.90. The molecule has 0 radical (unpaired) electrons. The minimum absolute atomic E-state index is 0.119. The summed E-state index contributed by atoms with van der Waals surface area (Å²) < 4.78 is 5.51. The number of alkyl halides is 2. The number of unbranched alkanes of at least 4 members (excludes halogenated alkanes) is 3. The van der Waals surface area contributed by atoms with Crippen LogP contribution < -0.4 is 4.74 Å². The van der Waals surface area contributed by atoms with Crippen molar-refractivity contribution in [3.63, 3.8) is 0 Å². The average molecular weight is 306 g/mol. The topological polar surface area (TPSA) is 9.23 Å². The van der Waals surface area contributed by atoms with Gasteiger partial charge in [-0.2, -0.15) is 0 Å². The van der Waals surface area contributed by atoms with Gasteiger partial charge in [0.1, 0.15) is 10.0 Å². The van der Waals surface area contributed by atoms with E-state index < -0.39 is 0 Å². The molecule has 0 aliphatic rings. The van der Waals surface area contributed by atoms with Crippen LogP contribution in [0.5, 0.6) is 5.75 Å². The molecule has 0 fully saturated rings. The van der Waals surface area contributed by atoms with E-state index in [-0.39, 0.29) is 4.29 Å². The lowest BCUT2D eigenvalue weighted by Gasteiger charge is -2.07. The molecular weight excluding hydrogens is 287 g/mol. The number of ether oxygens (including phenoxy) is 1. The largest absolute Gasteiger partial charge is 0.494 e. The van der Waals surface area contributed by atoms with Crippen LogP contribution in [0.1, 0.15) is 42.5 Å². The molecule has 0 heterocycles. The Balaban J connectivity index is 2.27. The van der Waals surface area contributed by atoms with Crippen molar-refractivity contribution in [2.24, 2.45) is 0 Å². The maximum atomic E-state index is 5.89. The fourth-order valence-corrected chi connectivity index (χ4v) is 1.88. The van der Waals surface area contributed by atoms with Crippen molar-refractivity contribution in [1.82, 2.24) is 0 Å².